The number of hydrogen-bond donors (Lipinski definition) is 1. The van der Waals surface area contributed by atoms with Crippen LogP contribution in [0.15, 0.2) is 18.3 Å². The molecule has 1 saturated carbocycles. The van der Waals surface area contributed by atoms with Crippen molar-refractivity contribution in [1.82, 2.24) is 10.2 Å². The van der Waals surface area contributed by atoms with Gasteiger partial charge in [-0.2, -0.15) is 5.10 Å². The molecule has 0 aromatic carbocycles. The zero-order valence-electron chi connectivity index (χ0n) is 10.0. The molecule has 0 aliphatic heterocycles. The first-order valence-corrected chi connectivity index (χ1v) is 6.36. The van der Waals surface area contributed by atoms with Crippen molar-refractivity contribution in [3.05, 3.63) is 18.3 Å². The van der Waals surface area contributed by atoms with Gasteiger partial charge in [-0.1, -0.05) is 26.2 Å². The van der Waals surface area contributed by atoms with Gasteiger partial charge in [-0.05, 0) is 36.8 Å². The number of anilines is 1. The normalized spacial score (nSPS) is 25.3. The van der Waals surface area contributed by atoms with Gasteiger partial charge < -0.3 is 5.32 Å². The van der Waals surface area contributed by atoms with Crippen LogP contribution in [0.1, 0.15) is 39.0 Å². The summed E-state index contributed by atoms with van der Waals surface area (Å²) >= 11 is 0. The third-order valence-corrected chi connectivity index (χ3v) is 3.48. The van der Waals surface area contributed by atoms with Crippen LogP contribution in [0, 0.1) is 11.8 Å². The molecule has 1 aromatic heterocycles. The van der Waals surface area contributed by atoms with Crippen LogP contribution in [0.4, 0.5) is 5.82 Å². The summed E-state index contributed by atoms with van der Waals surface area (Å²) in [6.45, 7) is 3.40. The van der Waals surface area contributed by atoms with Crippen molar-refractivity contribution in [2.24, 2.45) is 11.8 Å². The zero-order valence-corrected chi connectivity index (χ0v) is 10.0. The van der Waals surface area contributed by atoms with Crippen LogP contribution in [0.25, 0.3) is 0 Å². The quantitative estimate of drug-likeness (QED) is 0.845. The summed E-state index contributed by atoms with van der Waals surface area (Å²) in [4.78, 5) is 0. The Labute approximate surface area is 97.7 Å². The molecular weight excluding hydrogens is 198 g/mol. The van der Waals surface area contributed by atoms with Gasteiger partial charge in [0.25, 0.3) is 0 Å². The van der Waals surface area contributed by atoms with E-state index in [2.05, 4.69) is 22.4 Å². The standard InChI is InChI=1S/C13H21N3/c1-11-4-2-5-12(10-11)7-9-14-13-6-3-8-15-16-13/h3,6,8,11-12H,2,4-5,7,9-10H2,1H3,(H,14,16). The SMILES string of the molecule is CC1CCCC(CCNc2cccnn2)C1. The number of nitrogens with one attached hydrogen (secondary N) is 1. The van der Waals surface area contributed by atoms with Crippen LogP contribution in [-0.2, 0) is 0 Å². The second-order valence-corrected chi connectivity index (χ2v) is 4.96. The first kappa shape index (κ1) is 11.4. The molecule has 1 heterocycles. The predicted molar refractivity (Wildman–Crippen MR) is 66.3 cm³/mol. The van der Waals surface area contributed by atoms with Crippen LogP contribution in [-0.4, -0.2) is 16.7 Å². The minimum atomic E-state index is 0.895. The highest BCUT2D eigenvalue weighted by Crippen LogP contribution is 2.30. The van der Waals surface area contributed by atoms with Crippen molar-refractivity contribution in [1.29, 1.82) is 0 Å². The van der Waals surface area contributed by atoms with Gasteiger partial charge in [0.05, 0.1) is 0 Å². The average molecular weight is 219 g/mol. The number of rotatable bonds is 4. The Morgan fingerprint density at radius 1 is 1.44 bits per heavy atom. The molecule has 0 saturated heterocycles. The Kier molecular flexibility index (Phi) is 4.14. The molecule has 1 aromatic rings. The summed E-state index contributed by atoms with van der Waals surface area (Å²) < 4.78 is 0. The third-order valence-electron chi connectivity index (χ3n) is 3.48. The van der Waals surface area contributed by atoms with Crippen LogP contribution in [0.3, 0.4) is 0 Å². The highest BCUT2D eigenvalue weighted by molar-refractivity contribution is 5.30. The van der Waals surface area contributed by atoms with Gasteiger partial charge in [0.2, 0.25) is 0 Å². The van der Waals surface area contributed by atoms with Crippen molar-refractivity contribution in [3.8, 4) is 0 Å². The van der Waals surface area contributed by atoms with E-state index in [0.717, 1.165) is 24.2 Å². The lowest BCUT2D eigenvalue weighted by molar-refractivity contribution is 0.274. The van der Waals surface area contributed by atoms with E-state index in [0.29, 0.717) is 0 Å². The lowest BCUT2D eigenvalue weighted by Crippen LogP contribution is -2.16. The fraction of sp³-hybridized carbons (Fsp3) is 0.692. The Bertz CT molecular complexity index is 299. The van der Waals surface area contributed by atoms with Crippen LogP contribution >= 0.6 is 0 Å². The number of nitrogens with zero attached hydrogens (tertiary/aromatic N) is 2. The molecule has 2 atom stereocenters. The minimum absolute atomic E-state index is 0.895. The van der Waals surface area contributed by atoms with Gasteiger partial charge in [0, 0.05) is 12.7 Å². The summed E-state index contributed by atoms with van der Waals surface area (Å²) in [6, 6.07) is 3.88. The predicted octanol–water partition coefficient (Wildman–Crippen LogP) is 3.10. The van der Waals surface area contributed by atoms with Gasteiger partial charge >= 0.3 is 0 Å². The molecule has 2 unspecified atom stereocenters. The topological polar surface area (TPSA) is 37.8 Å². The monoisotopic (exact) mass is 219 g/mol. The van der Waals surface area contributed by atoms with E-state index in [1.165, 1.54) is 32.1 Å². The first-order chi connectivity index (χ1) is 7.84. The molecule has 1 fully saturated rings. The largest absolute Gasteiger partial charge is 0.369 e. The second-order valence-electron chi connectivity index (χ2n) is 4.96. The van der Waals surface area contributed by atoms with Crippen LogP contribution in [0.2, 0.25) is 0 Å². The van der Waals surface area contributed by atoms with Crippen molar-refractivity contribution >= 4 is 5.82 Å². The van der Waals surface area contributed by atoms with Gasteiger partial charge in [0.15, 0.2) is 0 Å². The third kappa shape index (κ3) is 3.47. The molecule has 1 aliphatic rings. The van der Waals surface area contributed by atoms with E-state index < -0.39 is 0 Å². The summed E-state index contributed by atoms with van der Waals surface area (Å²) in [6.07, 6.45) is 8.62. The molecule has 3 nitrogen and oxygen atoms in total. The number of hydrogen-bond acceptors (Lipinski definition) is 3. The fourth-order valence-corrected chi connectivity index (χ4v) is 2.62. The van der Waals surface area contributed by atoms with E-state index in [4.69, 9.17) is 0 Å². The van der Waals surface area contributed by atoms with Crippen LogP contribution < -0.4 is 5.32 Å². The maximum atomic E-state index is 4.02. The Morgan fingerprint density at radius 2 is 2.38 bits per heavy atom. The van der Waals surface area contributed by atoms with Gasteiger partial charge in [-0.3, -0.25) is 0 Å². The van der Waals surface area contributed by atoms with Crippen LogP contribution in [0.5, 0.6) is 0 Å². The molecule has 0 amide bonds. The first-order valence-electron chi connectivity index (χ1n) is 6.36. The smallest absolute Gasteiger partial charge is 0.148 e. The van der Waals surface area contributed by atoms with Gasteiger partial charge in [-0.25, -0.2) is 0 Å². The molecular formula is C13H21N3. The summed E-state index contributed by atoms with van der Waals surface area (Å²) in [5.74, 6) is 2.73. The summed E-state index contributed by atoms with van der Waals surface area (Å²) in [5, 5.41) is 11.2. The maximum absolute atomic E-state index is 4.02. The summed E-state index contributed by atoms with van der Waals surface area (Å²) in [7, 11) is 0. The Morgan fingerprint density at radius 3 is 3.12 bits per heavy atom. The van der Waals surface area contributed by atoms with Gasteiger partial charge in [0.1, 0.15) is 5.82 Å². The Hall–Kier alpha value is -1.12. The lowest BCUT2D eigenvalue weighted by Gasteiger charge is -2.26. The van der Waals surface area contributed by atoms with E-state index >= 15 is 0 Å². The molecule has 3 heteroatoms. The number of aromatic nitrogens is 2. The highest BCUT2D eigenvalue weighted by atomic mass is 15.2. The molecule has 1 aliphatic carbocycles. The zero-order chi connectivity index (χ0) is 11.2. The van der Waals surface area contributed by atoms with E-state index in [1.807, 2.05) is 12.1 Å². The van der Waals surface area contributed by atoms with Crippen molar-refractivity contribution in [3.63, 3.8) is 0 Å². The van der Waals surface area contributed by atoms with E-state index in [-0.39, 0.29) is 0 Å². The second kappa shape index (κ2) is 5.83. The van der Waals surface area contributed by atoms with Crippen molar-refractivity contribution < 1.29 is 0 Å². The molecule has 0 radical (unpaired) electrons. The van der Waals surface area contributed by atoms with Gasteiger partial charge in [-0.15, -0.1) is 5.10 Å². The molecule has 0 spiro atoms. The molecule has 16 heavy (non-hydrogen) atoms. The van der Waals surface area contributed by atoms with Crippen molar-refractivity contribution in [2.75, 3.05) is 11.9 Å². The lowest BCUT2D eigenvalue weighted by atomic mass is 9.81. The van der Waals surface area contributed by atoms with E-state index in [9.17, 15) is 0 Å². The van der Waals surface area contributed by atoms with E-state index in [1.54, 1.807) is 6.20 Å². The van der Waals surface area contributed by atoms with Crippen molar-refractivity contribution in [2.45, 2.75) is 39.0 Å². The maximum Gasteiger partial charge on any atom is 0.148 e. The molecule has 2 rings (SSSR count). The fourth-order valence-electron chi connectivity index (χ4n) is 2.62. The molecule has 0 bridgehead atoms. The average Bonchev–Trinajstić information content (AvgIpc) is 2.30. The summed E-state index contributed by atoms with van der Waals surface area (Å²) in [5.41, 5.74) is 0. The molecule has 88 valence electrons. The minimum Gasteiger partial charge on any atom is -0.369 e. The highest BCUT2D eigenvalue weighted by Gasteiger charge is 2.18. The Balaban J connectivity index is 1.68. The molecule has 1 N–H and O–H groups in total.